The number of nitrogens with zero attached hydrogens (tertiary/aromatic N) is 2. The molecule has 0 radical (unpaired) electrons. The second kappa shape index (κ2) is 6.87. The van der Waals surface area contributed by atoms with E-state index in [1.807, 2.05) is 13.2 Å². The Labute approximate surface area is 116 Å². The van der Waals surface area contributed by atoms with Crippen molar-refractivity contribution in [1.29, 1.82) is 0 Å². The zero-order valence-electron chi connectivity index (χ0n) is 12.2. The number of nitrogens with one attached hydrogen (secondary N) is 1. The van der Waals surface area contributed by atoms with Crippen LogP contribution in [0.1, 0.15) is 31.5 Å². The molecule has 0 aliphatic carbocycles. The lowest BCUT2D eigenvalue weighted by molar-refractivity contribution is 0.139. The molecule has 1 aliphatic rings. The number of anilines is 1. The van der Waals surface area contributed by atoms with E-state index in [-0.39, 0.29) is 0 Å². The molecule has 0 amide bonds. The Morgan fingerprint density at radius 2 is 2.16 bits per heavy atom. The highest BCUT2D eigenvalue weighted by atomic mass is 16.5. The molecule has 4 nitrogen and oxygen atoms in total. The van der Waals surface area contributed by atoms with Crippen molar-refractivity contribution in [1.82, 2.24) is 10.3 Å². The number of pyridine rings is 1. The minimum atomic E-state index is 0.307. The number of methoxy groups -OCH3 is 1. The van der Waals surface area contributed by atoms with Crippen LogP contribution in [0.3, 0.4) is 0 Å². The van der Waals surface area contributed by atoms with E-state index in [1.54, 1.807) is 7.11 Å². The molecule has 0 bridgehead atoms. The number of hydrogen-bond donors (Lipinski definition) is 1. The molecular weight excluding hydrogens is 238 g/mol. The minimum absolute atomic E-state index is 0.307. The maximum absolute atomic E-state index is 5.24. The maximum Gasteiger partial charge on any atom is 0.0571 e. The number of hydrogen-bond acceptors (Lipinski definition) is 4. The van der Waals surface area contributed by atoms with Gasteiger partial charge in [-0.3, -0.25) is 4.98 Å². The highest BCUT2D eigenvalue weighted by Gasteiger charge is 2.19. The maximum atomic E-state index is 5.24. The van der Waals surface area contributed by atoms with E-state index in [9.17, 15) is 0 Å². The van der Waals surface area contributed by atoms with Gasteiger partial charge in [0.05, 0.1) is 17.6 Å². The highest BCUT2D eigenvalue weighted by Crippen LogP contribution is 2.23. The van der Waals surface area contributed by atoms with Crippen LogP contribution >= 0.6 is 0 Å². The molecule has 0 saturated carbocycles. The summed E-state index contributed by atoms with van der Waals surface area (Å²) in [5.74, 6) is 0.720. The van der Waals surface area contributed by atoms with Crippen LogP contribution in [0.15, 0.2) is 18.3 Å². The fourth-order valence-corrected chi connectivity index (χ4v) is 2.58. The predicted octanol–water partition coefficient (Wildman–Crippen LogP) is 2.22. The summed E-state index contributed by atoms with van der Waals surface area (Å²) in [6.45, 7) is 5.23. The van der Waals surface area contributed by atoms with Crippen LogP contribution in [0.5, 0.6) is 0 Å². The Bertz CT molecular complexity index is 371. The largest absolute Gasteiger partial charge is 0.384 e. The van der Waals surface area contributed by atoms with Gasteiger partial charge in [-0.1, -0.05) is 0 Å². The monoisotopic (exact) mass is 263 g/mol. The molecule has 106 valence electrons. The summed E-state index contributed by atoms with van der Waals surface area (Å²) in [7, 11) is 3.75. The third-order valence-electron chi connectivity index (χ3n) is 4.03. The third-order valence-corrected chi connectivity index (χ3v) is 4.03. The van der Waals surface area contributed by atoms with Gasteiger partial charge >= 0.3 is 0 Å². The van der Waals surface area contributed by atoms with Crippen LogP contribution < -0.4 is 10.2 Å². The average molecular weight is 263 g/mol. The van der Waals surface area contributed by atoms with E-state index < -0.39 is 0 Å². The van der Waals surface area contributed by atoms with Crippen LogP contribution in [0, 0.1) is 5.92 Å². The first-order chi connectivity index (χ1) is 9.24. The van der Waals surface area contributed by atoms with Crippen LogP contribution in [-0.2, 0) is 4.74 Å². The average Bonchev–Trinajstić information content (AvgIpc) is 2.48. The predicted molar refractivity (Wildman–Crippen MR) is 78.5 cm³/mol. The van der Waals surface area contributed by atoms with E-state index in [1.165, 1.54) is 18.5 Å². The Morgan fingerprint density at radius 3 is 2.68 bits per heavy atom. The van der Waals surface area contributed by atoms with Gasteiger partial charge in [-0.05, 0) is 44.9 Å². The molecule has 1 aliphatic heterocycles. The van der Waals surface area contributed by atoms with E-state index >= 15 is 0 Å². The molecule has 0 spiro atoms. The second-order valence-electron chi connectivity index (χ2n) is 5.34. The van der Waals surface area contributed by atoms with Gasteiger partial charge in [-0.15, -0.1) is 0 Å². The van der Waals surface area contributed by atoms with Crippen molar-refractivity contribution in [3.63, 3.8) is 0 Å². The van der Waals surface area contributed by atoms with Gasteiger partial charge in [-0.2, -0.15) is 0 Å². The Hall–Kier alpha value is -1.13. The van der Waals surface area contributed by atoms with Crippen molar-refractivity contribution in [2.24, 2.45) is 5.92 Å². The van der Waals surface area contributed by atoms with E-state index in [4.69, 9.17) is 4.74 Å². The fourth-order valence-electron chi connectivity index (χ4n) is 2.58. The highest BCUT2D eigenvalue weighted by molar-refractivity contribution is 5.45. The minimum Gasteiger partial charge on any atom is -0.384 e. The van der Waals surface area contributed by atoms with Crippen LogP contribution in [0.25, 0.3) is 0 Å². The van der Waals surface area contributed by atoms with Crippen molar-refractivity contribution >= 4 is 5.69 Å². The van der Waals surface area contributed by atoms with Crippen molar-refractivity contribution in [2.75, 3.05) is 38.8 Å². The Balaban J connectivity index is 1.92. The zero-order chi connectivity index (χ0) is 13.7. The normalized spacial score (nSPS) is 18.6. The zero-order valence-corrected chi connectivity index (χ0v) is 12.2. The van der Waals surface area contributed by atoms with Gasteiger partial charge in [0.1, 0.15) is 0 Å². The molecule has 2 heterocycles. The topological polar surface area (TPSA) is 37.4 Å². The van der Waals surface area contributed by atoms with Crippen molar-refractivity contribution in [3.8, 4) is 0 Å². The van der Waals surface area contributed by atoms with E-state index in [0.29, 0.717) is 6.04 Å². The number of piperidine rings is 1. The quantitative estimate of drug-likeness (QED) is 0.884. The summed E-state index contributed by atoms with van der Waals surface area (Å²) in [4.78, 5) is 6.97. The Kier molecular flexibility index (Phi) is 5.16. The molecule has 1 aromatic rings. The fraction of sp³-hybridized carbons (Fsp3) is 0.667. The third kappa shape index (κ3) is 3.67. The summed E-state index contributed by atoms with van der Waals surface area (Å²) in [6.07, 6.45) is 4.42. The molecule has 1 N–H and O–H groups in total. The number of rotatable bonds is 5. The molecule has 0 aromatic carbocycles. The van der Waals surface area contributed by atoms with Gasteiger partial charge in [0.2, 0.25) is 0 Å². The SMILES string of the molecule is CNC(C)c1ccc(N2CCC(COC)CC2)cn1. The molecule has 1 aromatic heterocycles. The smallest absolute Gasteiger partial charge is 0.0571 e. The molecule has 1 unspecified atom stereocenters. The summed E-state index contributed by atoms with van der Waals surface area (Å²) in [5, 5.41) is 3.21. The van der Waals surface area contributed by atoms with Crippen LogP contribution in [0.2, 0.25) is 0 Å². The van der Waals surface area contributed by atoms with Crippen molar-refractivity contribution in [3.05, 3.63) is 24.0 Å². The van der Waals surface area contributed by atoms with Gasteiger partial charge in [-0.25, -0.2) is 0 Å². The lowest BCUT2D eigenvalue weighted by Gasteiger charge is -2.33. The molecule has 4 heteroatoms. The first kappa shape index (κ1) is 14.3. The molecule has 1 fully saturated rings. The molecule has 1 atom stereocenters. The van der Waals surface area contributed by atoms with E-state index in [0.717, 1.165) is 31.3 Å². The van der Waals surface area contributed by atoms with Gasteiger partial charge in [0, 0.05) is 32.8 Å². The van der Waals surface area contributed by atoms with Crippen LogP contribution in [-0.4, -0.2) is 38.8 Å². The molecular formula is C15H25N3O. The lowest BCUT2D eigenvalue weighted by atomic mass is 9.97. The van der Waals surface area contributed by atoms with Gasteiger partial charge < -0.3 is 15.0 Å². The summed E-state index contributed by atoms with van der Waals surface area (Å²) in [5.41, 5.74) is 2.34. The standard InChI is InChI=1S/C15H25N3O/c1-12(16-2)15-5-4-14(10-17-15)18-8-6-13(7-9-18)11-19-3/h4-5,10,12-13,16H,6-9,11H2,1-3H3. The van der Waals surface area contributed by atoms with Crippen LogP contribution in [0.4, 0.5) is 5.69 Å². The molecule has 2 rings (SSSR count). The molecule has 1 saturated heterocycles. The molecule has 19 heavy (non-hydrogen) atoms. The summed E-state index contributed by atoms with van der Waals surface area (Å²) < 4.78 is 5.24. The Morgan fingerprint density at radius 1 is 1.42 bits per heavy atom. The first-order valence-electron chi connectivity index (χ1n) is 7.11. The van der Waals surface area contributed by atoms with E-state index in [2.05, 4.69) is 34.3 Å². The van der Waals surface area contributed by atoms with Crippen molar-refractivity contribution in [2.45, 2.75) is 25.8 Å². The van der Waals surface area contributed by atoms with Gasteiger partial charge in [0.25, 0.3) is 0 Å². The lowest BCUT2D eigenvalue weighted by Crippen LogP contribution is -2.35. The summed E-state index contributed by atoms with van der Waals surface area (Å²) in [6, 6.07) is 4.62. The number of ether oxygens (including phenoxy) is 1. The number of aromatic nitrogens is 1. The second-order valence-corrected chi connectivity index (χ2v) is 5.34. The summed E-state index contributed by atoms with van der Waals surface area (Å²) >= 11 is 0. The first-order valence-corrected chi connectivity index (χ1v) is 7.11. The van der Waals surface area contributed by atoms with Gasteiger partial charge in [0.15, 0.2) is 0 Å². The van der Waals surface area contributed by atoms with Crippen molar-refractivity contribution < 1.29 is 4.74 Å².